The van der Waals surface area contributed by atoms with Gasteiger partial charge in [-0.05, 0) is 99.2 Å². The zero-order valence-electron chi connectivity index (χ0n) is 14.4. The van der Waals surface area contributed by atoms with Crippen molar-refractivity contribution >= 4 is 0 Å². The van der Waals surface area contributed by atoms with Crippen LogP contribution in [0.3, 0.4) is 0 Å². The lowest BCUT2D eigenvalue weighted by molar-refractivity contribution is -0.134. The molecule has 4 saturated carbocycles. The van der Waals surface area contributed by atoms with Crippen molar-refractivity contribution in [3.05, 3.63) is 0 Å². The molecule has 8 atom stereocenters. The Balaban J connectivity index is 1.58. The molecular weight excluding hydrogens is 272 g/mol. The maximum Gasteiger partial charge on any atom is 0.0701 e. The van der Waals surface area contributed by atoms with Crippen molar-refractivity contribution in [1.82, 2.24) is 0 Å². The quantitative estimate of drug-likeness (QED) is 0.764. The Morgan fingerprint density at radius 3 is 2.45 bits per heavy atom. The summed E-state index contributed by atoms with van der Waals surface area (Å²) in [5.41, 5.74) is -0.230. The Bertz CT molecular complexity index is 435. The molecule has 0 bridgehead atoms. The largest absolute Gasteiger partial charge is 0.393 e. The van der Waals surface area contributed by atoms with Crippen LogP contribution in [-0.2, 0) is 0 Å². The van der Waals surface area contributed by atoms with Gasteiger partial charge in [-0.25, -0.2) is 0 Å². The molecule has 126 valence electrons. The Labute approximate surface area is 135 Å². The predicted octanol–water partition coefficient (Wildman–Crippen LogP) is 4.14. The summed E-state index contributed by atoms with van der Waals surface area (Å²) in [5.74, 6) is 4.17. The number of aliphatic hydroxyl groups excluding tert-OH is 1. The fraction of sp³-hybridized carbons (Fsp3) is 1.00. The molecule has 0 amide bonds. The zero-order valence-corrected chi connectivity index (χ0v) is 14.4. The van der Waals surface area contributed by atoms with Crippen LogP contribution in [-0.4, -0.2) is 21.9 Å². The second-order valence-corrected chi connectivity index (χ2v) is 9.28. The normalized spacial score (nSPS) is 57.8. The minimum absolute atomic E-state index is 0.0247. The molecular formula is C20H34O2. The summed E-state index contributed by atoms with van der Waals surface area (Å²) in [6.45, 7) is 4.58. The van der Waals surface area contributed by atoms with Crippen molar-refractivity contribution in [3.8, 4) is 0 Å². The van der Waals surface area contributed by atoms with Gasteiger partial charge in [0.15, 0.2) is 0 Å². The van der Waals surface area contributed by atoms with Crippen molar-refractivity contribution in [2.75, 3.05) is 0 Å². The van der Waals surface area contributed by atoms with E-state index >= 15 is 0 Å². The molecule has 2 N–H and O–H groups in total. The predicted molar refractivity (Wildman–Crippen MR) is 88.4 cm³/mol. The van der Waals surface area contributed by atoms with Gasteiger partial charge in [0.1, 0.15) is 0 Å². The van der Waals surface area contributed by atoms with E-state index in [9.17, 15) is 10.2 Å². The van der Waals surface area contributed by atoms with E-state index in [2.05, 4.69) is 13.8 Å². The van der Waals surface area contributed by atoms with Gasteiger partial charge in [0.25, 0.3) is 0 Å². The Morgan fingerprint density at radius 1 is 0.909 bits per heavy atom. The summed E-state index contributed by atoms with van der Waals surface area (Å²) >= 11 is 0. The Hall–Kier alpha value is -0.0800. The van der Waals surface area contributed by atoms with E-state index in [1.165, 1.54) is 38.5 Å². The highest BCUT2D eigenvalue weighted by Gasteiger charge is 2.61. The molecule has 4 aliphatic rings. The summed E-state index contributed by atoms with van der Waals surface area (Å²) < 4.78 is 0. The SMILES string of the molecule is CCC1(O)CC[C@@H]2[C@@H]3CC[C@@H]4CC(O)CC[C@@H]4[C@@H]3CC[C@@]21C. The highest BCUT2D eigenvalue weighted by atomic mass is 16.3. The third kappa shape index (κ3) is 1.99. The van der Waals surface area contributed by atoms with E-state index in [1.54, 1.807) is 0 Å². The van der Waals surface area contributed by atoms with Crippen LogP contribution < -0.4 is 0 Å². The van der Waals surface area contributed by atoms with Crippen molar-refractivity contribution in [2.24, 2.45) is 35.0 Å². The molecule has 0 saturated heterocycles. The lowest BCUT2D eigenvalue weighted by Crippen LogP contribution is -2.53. The zero-order chi connectivity index (χ0) is 15.5. The fourth-order valence-corrected chi connectivity index (χ4v) is 7.52. The number of fused-ring (bicyclic) bond motifs is 5. The Kier molecular flexibility index (Phi) is 3.66. The fourth-order valence-electron chi connectivity index (χ4n) is 7.52. The van der Waals surface area contributed by atoms with Crippen LogP contribution >= 0.6 is 0 Å². The van der Waals surface area contributed by atoms with Gasteiger partial charge in [0.2, 0.25) is 0 Å². The number of rotatable bonds is 1. The van der Waals surface area contributed by atoms with Gasteiger partial charge in [-0.3, -0.25) is 0 Å². The highest BCUT2D eigenvalue weighted by Crippen LogP contribution is 2.65. The first-order chi connectivity index (χ1) is 10.5. The van der Waals surface area contributed by atoms with Gasteiger partial charge in [0, 0.05) is 0 Å². The van der Waals surface area contributed by atoms with Crippen LogP contribution in [0.5, 0.6) is 0 Å². The van der Waals surface area contributed by atoms with Crippen LogP contribution in [0.25, 0.3) is 0 Å². The average Bonchev–Trinajstić information content (AvgIpc) is 2.79. The van der Waals surface area contributed by atoms with Crippen molar-refractivity contribution in [1.29, 1.82) is 0 Å². The van der Waals surface area contributed by atoms with Gasteiger partial charge in [-0.15, -0.1) is 0 Å². The first kappa shape index (κ1) is 15.4. The molecule has 4 aliphatic carbocycles. The molecule has 0 spiro atoms. The van der Waals surface area contributed by atoms with Crippen LogP contribution in [0.2, 0.25) is 0 Å². The summed E-state index contributed by atoms with van der Waals surface area (Å²) in [4.78, 5) is 0. The molecule has 4 fully saturated rings. The molecule has 0 aromatic heterocycles. The van der Waals surface area contributed by atoms with Crippen molar-refractivity contribution < 1.29 is 10.2 Å². The lowest BCUT2D eigenvalue weighted by atomic mass is 9.49. The molecule has 4 rings (SSSR count). The van der Waals surface area contributed by atoms with Crippen LogP contribution in [0.1, 0.15) is 78.1 Å². The molecule has 0 heterocycles. The number of hydrogen-bond donors (Lipinski definition) is 2. The van der Waals surface area contributed by atoms with Crippen LogP contribution in [0, 0.1) is 35.0 Å². The summed E-state index contributed by atoms with van der Waals surface area (Å²) in [7, 11) is 0. The molecule has 2 nitrogen and oxygen atoms in total. The molecule has 0 aromatic carbocycles. The standard InChI is InChI=1S/C20H34O2/c1-3-20(22)11-9-18-17-6-4-13-12-14(21)5-7-15(13)16(17)8-10-19(18,20)2/h13-18,21-22H,3-12H2,1-2H3/t13-,14?,15+,16+,17-,18-,19+,20?/m1/s1. The minimum Gasteiger partial charge on any atom is -0.393 e. The van der Waals surface area contributed by atoms with Crippen molar-refractivity contribution in [2.45, 2.75) is 89.8 Å². The number of hydrogen-bond acceptors (Lipinski definition) is 2. The van der Waals surface area contributed by atoms with Gasteiger partial charge < -0.3 is 10.2 Å². The molecule has 0 aromatic rings. The summed E-state index contributed by atoms with van der Waals surface area (Å²) in [6.07, 6.45) is 11.8. The van der Waals surface area contributed by atoms with Gasteiger partial charge >= 0.3 is 0 Å². The Morgan fingerprint density at radius 2 is 1.68 bits per heavy atom. The van der Waals surface area contributed by atoms with E-state index in [-0.39, 0.29) is 11.5 Å². The van der Waals surface area contributed by atoms with Gasteiger partial charge in [-0.2, -0.15) is 0 Å². The van der Waals surface area contributed by atoms with Crippen molar-refractivity contribution in [3.63, 3.8) is 0 Å². The van der Waals surface area contributed by atoms with E-state index in [0.29, 0.717) is 0 Å². The first-order valence-corrected chi connectivity index (χ1v) is 9.89. The summed E-state index contributed by atoms with van der Waals surface area (Å²) in [5, 5.41) is 21.2. The lowest BCUT2D eigenvalue weighted by Gasteiger charge is -2.57. The third-order valence-corrected chi connectivity index (χ3v) is 8.83. The summed E-state index contributed by atoms with van der Waals surface area (Å²) in [6, 6.07) is 0. The smallest absolute Gasteiger partial charge is 0.0701 e. The van der Waals surface area contributed by atoms with E-state index in [0.717, 1.165) is 55.3 Å². The van der Waals surface area contributed by atoms with Crippen LogP contribution in [0.4, 0.5) is 0 Å². The maximum atomic E-state index is 11.2. The monoisotopic (exact) mass is 306 g/mol. The van der Waals surface area contributed by atoms with Crippen LogP contribution in [0.15, 0.2) is 0 Å². The number of aliphatic hydroxyl groups is 2. The second-order valence-electron chi connectivity index (χ2n) is 9.28. The van der Waals surface area contributed by atoms with Gasteiger partial charge in [-0.1, -0.05) is 13.8 Å². The molecule has 2 unspecified atom stereocenters. The van der Waals surface area contributed by atoms with E-state index < -0.39 is 5.60 Å². The average molecular weight is 306 g/mol. The minimum atomic E-state index is -0.401. The second kappa shape index (κ2) is 5.21. The highest BCUT2D eigenvalue weighted by molar-refractivity contribution is 5.11. The molecule has 22 heavy (non-hydrogen) atoms. The molecule has 2 heteroatoms. The molecule has 0 aliphatic heterocycles. The first-order valence-electron chi connectivity index (χ1n) is 9.89. The van der Waals surface area contributed by atoms with E-state index in [4.69, 9.17) is 0 Å². The van der Waals surface area contributed by atoms with Gasteiger partial charge in [0.05, 0.1) is 11.7 Å². The maximum absolute atomic E-state index is 11.2. The van der Waals surface area contributed by atoms with E-state index in [1.807, 2.05) is 0 Å². The molecule has 0 radical (unpaired) electrons. The third-order valence-electron chi connectivity index (χ3n) is 8.83. The topological polar surface area (TPSA) is 40.5 Å².